The van der Waals surface area contributed by atoms with Crippen LogP contribution >= 0.6 is 11.6 Å². The summed E-state index contributed by atoms with van der Waals surface area (Å²) in [6.07, 6.45) is 0. The lowest BCUT2D eigenvalue weighted by Gasteiger charge is -1.99. The third-order valence-electron chi connectivity index (χ3n) is 3.03. The molecule has 0 bridgehead atoms. The zero-order valence-corrected chi connectivity index (χ0v) is 11.0. The molecule has 2 heterocycles. The summed E-state index contributed by atoms with van der Waals surface area (Å²) in [4.78, 5) is 4.50. The average molecular weight is 268 g/mol. The molecule has 0 N–H and O–H groups in total. The molecule has 0 saturated heterocycles. The number of benzene rings is 1. The first kappa shape index (κ1) is 11.8. The molecule has 19 heavy (non-hydrogen) atoms. The number of nitrogens with zero attached hydrogens (tertiary/aromatic N) is 3. The molecular formula is C15H10ClN3. The van der Waals surface area contributed by atoms with Gasteiger partial charge in [-0.15, -0.1) is 0 Å². The van der Waals surface area contributed by atoms with Crippen molar-refractivity contribution in [3.63, 3.8) is 0 Å². The lowest BCUT2D eigenvalue weighted by atomic mass is 10.1. The zero-order valence-electron chi connectivity index (χ0n) is 10.3. The SMILES string of the molecule is Cc1ccc(-c2nc3cccc(Cl)n3c2C#N)cc1. The molecule has 2 aromatic heterocycles. The summed E-state index contributed by atoms with van der Waals surface area (Å²) < 4.78 is 1.66. The highest BCUT2D eigenvalue weighted by atomic mass is 35.5. The van der Waals surface area contributed by atoms with Gasteiger partial charge >= 0.3 is 0 Å². The number of imidazole rings is 1. The van der Waals surface area contributed by atoms with Gasteiger partial charge in [-0.3, -0.25) is 4.40 Å². The van der Waals surface area contributed by atoms with Crippen molar-refractivity contribution < 1.29 is 0 Å². The summed E-state index contributed by atoms with van der Waals surface area (Å²) >= 11 is 6.14. The number of aryl methyl sites for hydroxylation is 1. The van der Waals surface area contributed by atoms with Crippen LogP contribution in [0.3, 0.4) is 0 Å². The monoisotopic (exact) mass is 267 g/mol. The Morgan fingerprint density at radius 3 is 2.58 bits per heavy atom. The fourth-order valence-electron chi connectivity index (χ4n) is 2.07. The Labute approximate surface area is 115 Å². The van der Waals surface area contributed by atoms with Crippen molar-refractivity contribution in [2.75, 3.05) is 0 Å². The van der Waals surface area contributed by atoms with E-state index in [1.807, 2.05) is 43.3 Å². The van der Waals surface area contributed by atoms with E-state index in [4.69, 9.17) is 11.6 Å². The lowest BCUT2D eigenvalue weighted by Crippen LogP contribution is -1.90. The highest BCUT2D eigenvalue weighted by molar-refractivity contribution is 6.29. The fourth-order valence-corrected chi connectivity index (χ4v) is 2.31. The fraction of sp³-hybridized carbons (Fsp3) is 0.0667. The van der Waals surface area contributed by atoms with Crippen molar-refractivity contribution in [1.82, 2.24) is 9.38 Å². The minimum absolute atomic E-state index is 0.462. The molecule has 3 rings (SSSR count). The molecule has 0 atom stereocenters. The number of rotatable bonds is 1. The van der Waals surface area contributed by atoms with Gasteiger partial charge in [-0.2, -0.15) is 5.26 Å². The van der Waals surface area contributed by atoms with E-state index >= 15 is 0 Å². The molecule has 0 aliphatic heterocycles. The van der Waals surface area contributed by atoms with Crippen LogP contribution in [0.5, 0.6) is 0 Å². The Morgan fingerprint density at radius 1 is 1.16 bits per heavy atom. The van der Waals surface area contributed by atoms with Crippen LogP contribution in [0.2, 0.25) is 5.15 Å². The summed E-state index contributed by atoms with van der Waals surface area (Å²) in [5, 5.41) is 9.86. The van der Waals surface area contributed by atoms with E-state index in [-0.39, 0.29) is 0 Å². The molecule has 3 aromatic rings. The van der Waals surface area contributed by atoms with Gasteiger partial charge < -0.3 is 0 Å². The summed E-state index contributed by atoms with van der Waals surface area (Å²) in [7, 11) is 0. The van der Waals surface area contributed by atoms with Gasteiger partial charge in [0, 0.05) is 5.56 Å². The van der Waals surface area contributed by atoms with Crippen LogP contribution in [0.15, 0.2) is 42.5 Å². The van der Waals surface area contributed by atoms with Gasteiger partial charge in [0.25, 0.3) is 0 Å². The minimum atomic E-state index is 0.462. The van der Waals surface area contributed by atoms with Crippen LogP contribution in [-0.2, 0) is 0 Å². The Bertz CT molecular complexity index is 795. The van der Waals surface area contributed by atoms with E-state index in [9.17, 15) is 5.26 Å². The first-order valence-corrected chi connectivity index (χ1v) is 6.22. The van der Waals surface area contributed by atoms with Gasteiger partial charge in [-0.05, 0) is 19.1 Å². The number of fused-ring (bicyclic) bond motifs is 1. The molecular weight excluding hydrogens is 258 g/mol. The van der Waals surface area contributed by atoms with Gasteiger partial charge in [0.05, 0.1) is 0 Å². The van der Waals surface area contributed by atoms with E-state index in [1.54, 1.807) is 10.5 Å². The molecule has 0 amide bonds. The van der Waals surface area contributed by atoms with E-state index in [0.29, 0.717) is 22.2 Å². The summed E-state index contributed by atoms with van der Waals surface area (Å²) in [5.74, 6) is 0. The van der Waals surface area contributed by atoms with Crippen molar-refractivity contribution in [2.24, 2.45) is 0 Å². The average Bonchev–Trinajstić information content (AvgIpc) is 2.79. The van der Waals surface area contributed by atoms with Crippen molar-refractivity contribution in [2.45, 2.75) is 6.92 Å². The largest absolute Gasteiger partial charge is 0.273 e. The number of halogens is 1. The van der Waals surface area contributed by atoms with Crippen LogP contribution in [0.1, 0.15) is 11.3 Å². The van der Waals surface area contributed by atoms with Crippen molar-refractivity contribution in [3.05, 3.63) is 58.9 Å². The van der Waals surface area contributed by atoms with Crippen LogP contribution in [-0.4, -0.2) is 9.38 Å². The second-order valence-electron chi connectivity index (χ2n) is 4.33. The third-order valence-corrected chi connectivity index (χ3v) is 3.32. The van der Waals surface area contributed by atoms with Gasteiger partial charge in [0.1, 0.15) is 22.6 Å². The Morgan fingerprint density at radius 2 is 1.89 bits per heavy atom. The first-order valence-electron chi connectivity index (χ1n) is 5.85. The summed E-state index contributed by atoms with van der Waals surface area (Å²) in [5.41, 5.74) is 3.89. The van der Waals surface area contributed by atoms with Crippen LogP contribution < -0.4 is 0 Å². The summed E-state index contributed by atoms with van der Waals surface area (Å²) in [6, 6.07) is 15.5. The normalized spacial score (nSPS) is 10.6. The van der Waals surface area contributed by atoms with Crippen LogP contribution in [0.25, 0.3) is 16.9 Å². The minimum Gasteiger partial charge on any atom is -0.273 e. The van der Waals surface area contributed by atoms with Crippen molar-refractivity contribution in [1.29, 1.82) is 5.26 Å². The van der Waals surface area contributed by atoms with Gasteiger partial charge in [0.15, 0.2) is 5.69 Å². The zero-order chi connectivity index (χ0) is 13.4. The van der Waals surface area contributed by atoms with Crippen molar-refractivity contribution >= 4 is 17.2 Å². The second-order valence-corrected chi connectivity index (χ2v) is 4.72. The number of nitriles is 1. The topological polar surface area (TPSA) is 41.1 Å². The van der Waals surface area contributed by atoms with E-state index in [0.717, 1.165) is 5.56 Å². The van der Waals surface area contributed by atoms with Crippen molar-refractivity contribution in [3.8, 4) is 17.3 Å². The Balaban J connectivity index is 2.33. The highest BCUT2D eigenvalue weighted by Gasteiger charge is 2.15. The highest BCUT2D eigenvalue weighted by Crippen LogP contribution is 2.26. The summed E-state index contributed by atoms with van der Waals surface area (Å²) in [6.45, 7) is 2.02. The molecule has 1 aromatic carbocycles. The molecule has 92 valence electrons. The number of hydrogen-bond donors (Lipinski definition) is 0. The maximum Gasteiger partial charge on any atom is 0.153 e. The Kier molecular flexibility index (Phi) is 2.73. The van der Waals surface area contributed by atoms with Gasteiger partial charge in [-0.25, -0.2) is 4.98 Å². The molecule has 4 heteroatoms. The number of hydrogen-bond acceptors (Lipinski definition) is 2. The lowest BCUT2D eigenvalue weighted by molar-refractivity contribution is 1.15. The predicted octanol–water partition coefficient (Wildman–Crippen LogP) is 3.83. The number of aromatic nitrogens is 2. The number of pyridine rings is 1. The molecule has 0 saturated carbocycles. The maximum atomic E-state index is 9.38. The third kappa shape index (κ3) is 1.87. The quantitative estimate of drug-likeness (QED) is 0.629. The van der Waals surface area contributed by atoms with E-state index in [1.165, 1.54) is 5.56 Å². The molecule has 0 aliphatic rings. The molecule has 0 unspecified atom stereocenters. The smallest absolute Gasteiger partial charge is 0.153 e. The first-order chi connectivity index (χ1) is 9.20. The second kappa shape index (κ2) is 4.42. The molecule has 0 radical (unpaired) electrons. The molecule has 0 aliphatic carbocycles. The van der Waals surface area contributed by atoms with Gasteiger partial charge in [-0.1, -0.05) is 47.5 Å². The van der Waals surface area contributed by atoms with Gasteiger partial charge in [0.2, 0.25) is 0 Å². The standard InChI is InChI=1S/C15H10ClN3/c1-10-5-7-11(8-6-10)15-12(9-17)19-13(16)3-2-4-14(19)18-15/h2-8H,1H3. The Hall–Kier alpha value is -2.31. The van der Waals surface area contributed by atoms with Crippen LogP contribution in [0.4, 0.5) is 0 Å². The van der Waals surface area contributed by atoms with Crippen LogP contribution in [0, 0.1) is 18.3 Å². The predicted molar refractivity (Wildman–Crippen MR) is 75.1 cm³/mol. The maximum absolute atomic E-state index is 9.38. The molecule has 0 fully saturated rings. The van der Waals surface area contributed by atoms with E-state index in [2.05, 4.69) is 11.1 Å². The van der Waals surface area contributed by atoms with E-state index < -0.39 is 0 Å². The molecule has 3 nitrogen and oxygen atoms in total. The molecule has 0 spiro atoms.